The largest absolute Gasteiger partial charge is 1.00 e. The van der Waals surface area contributed by atoms with Gasteiger partial charge in [0.2, 0.25) is 5.72 Å². The molecule has 1 aliphatic carbocycles. The summed E-state index contributed by atoms with van der Waals surface area (Å²) >= 11 is 0. The second-order valence-corrected chi connectivity index (χ2v) is 15.0. The summed E-state index contributed by atoms with van der Waals surface area (Å²) < 4.78 is 52.9. The molecule has 3 aromatic rings. The van der Waals surface area contributed by atoms with Gasteiger partial charge in [-0.1, -0.05) is 54.6 Å². The predicted octanol–water partition coefficient (Wildman–Crippen LogP) is 1.09. The number of nitrogens with zero attached hydrogens (tertiary/aromatic N) is 1. The number of aliphatic hydroxyl groups is 2. The van der Waals surface area contributed by atoms with E-state index in [1.807, 2.05) is 42.5 Å². The maximum Gasteiger partial charge on any atom is 1.00 e. The van der Waals surface area contributed by atoms with Crippen molar-refractivity contribution in [2.45, 2.75) is 74.0 Å². The van der Waals surface area contributed by atoms with Crippen molar-refractivity contribution in [3.8, 4) is 11.5 Å². The van der Waals surface area contributed by atoms with Crippen molar-refractivity contribution >= 4 is 16.1 Å². The van der Waals surface area contributed by atoms with Crippen molar-refractivity contribution in [1.82, 2.24) is 0 Å². The minimum absolute atomic E-state index is 0. The zero-order chi connectivity index (χ0) is 34.8. The second-order valence-electron chi connectivity index (χ2n) is 13.4. The molecule has 0 amide bonds. The van der Waals surface area contributed by atoms with Gasteiger partial charge in [-0.25, -0.2) is 13.4 Å². The molecular formula is C37H44N3NaO8S. The standard InChI is InChI=1S/C37H45N3O8S.Na/c38-36(39)40-37(17-1-18-41)28-9-5-24(6-10-28)34-26-20-27(35(47-31(21-26)16-19-42)25-7-11-29(43)12-8-25)22-32(34)33(49(44,45)46)15-4-23-2-13-30(48-37)14-3-23;/h2-3,5-14,22,26,31-35,41-43H,1,4,15-21H2,(H4,38,39,40)(H,44,45,46);/q;+1/p-1. The number of hydrogen-bond donors (Lipinski definition) is 5. The van der Waals surface area contributed by atoms with Gasteiger partial charge in [-0.2, -0.15) is 0 Å². The number of aliphatic hydroxyl groups excluding tert-OH is 2. The van der Waals surface area contributed by atoms with Crippen LogP contribution in [0.4, 0.5) is 0 Å². The van der Waals surface area contributed by atoms with Gasteiger partial charge in [0.25, 0.3) is 0 Å². The summed E-state index contributed by atoms with van der Waals surface area (Å²) in [4.78, 5) is 4.56. The monoisotopic (exact) mass is 713 g/mol. The summed E-state index contributed by atoms with van der Waals surface area (Å²) in [6, 6.07) is 21.5. The summed E-state index contributed by atoms with van der Waals surface area (Å²) in [5.74, 6) is -0.727. The number of aryl methyl sites for hydroxylation is 1. The van der Waals surface area contributed by atoms with Gasteiger partial charge in [0, 0.05) is 25.2 Å². The first kappa shape index (κ1) is 38.3. The third-order valence-electron chi connectivity index (χ3n) is 10.2. The molecular weight excluding hydrogens is 669 g/mol. The normalized spacial score (nSPS) is 27.7. The van der Waals surface area contributed by atoms with E-state index in [2.05, 4.69) is 4.99 Å². The summed E-state index contributed by atoms with van der Waals surface area (Å²) in [7, 11) is -4.78. The third kappa shape index (κ3) is 8.40. The number of aliphatic imine (C=N–C) groups is 1. The number of ether oxygens (including phenoxy) is 2. The van der Waals surface area contributed by atoms with E-state index in [1.165, 1.54) is 0 Å². The molecule has 13 heteroatoms. The molecule has 7 N–H and O–H groups in total. The Morgan fingerprint density at radius 2 is 1.64 bits per heavy atom. The van der Waals surface area contributed by atoms with Crippen LogP contribution in [0.25, 0.3) is 0 Å². The maximum absolute atomic E-state index is 13.2. The first-order chi connectivity index (χ1) is 23.5. The molecule has 5 aliphatic heterocycles. The van der Waals surface area contributed by atoms with Crippen LogP contribution in [0.3, 0.4) is 0 Å². The molecule has 262 valence electrons. The molecule has 0 saturated carbocycles. The maximum atomic E-state index is 13.2. The molecule has 7 atom stereocenters. The summed E-state index contributed by atoms with van der Waals surface area (Å²) in [5, 5.41) is 28.5. The van der Waals surface area contributed by atoms with E-state index in [4.69, 9.17) is 20.9 Å². The SMILES string of the molecule is NC(N)=NC1(CCCO)Oc2ccc(cc2)CCC(S(=O)(=O)[O-])C2C=C3CC(CC(CCO)OC3c3ccc(O)cc3)C2c2ccc1cc2.[Na+]. The number of guanidine groups is 1. The van der Waals surface area contributed by atoms with Gasteiger partial charge in [-0.15, -0.1) is 0 Å². The van der Waals surface area contributed by atoms with Gasteiger partial charge in [0.05, 0.1) is 21.5 Å². The Morgan fingerprint density at radius 1 is 0.960 bits per heavy atom. The molecule has 6 bridgehead atoms. The molecule has 1 fully saturated rings. The zero-order valence-corrected chi connectivity index (χ0v) is 31.0. The van der Waals surface area contributed by atoms with Gasteiger partial charge in [0.1, 0.15) is 17.6 Å². The van der Waals surface area contributed by atoms with Crippen LogP contribution >= 0.6 is 0 Å². The number of nitrogens with two attached hydrogens (primary N) is 2. The Bertz CT molecular complexity index is 1770. The van der Waals surface area contributed by atoms with Crippen molar-refractivity contribution in [2.75, 3.05) is 13.2 Å². The number of aromatic hydroxyl groups is 1. The number of allylic oxidation sites excluding steroid dienone is 1. The third-order valence-corrected chi connectivity index (χ3v) is 11.5. The molecule has 0 spiro atoms. The van der Waals surface area contributed by atoms with Gasteiger partial charge >= 0.3 is 29.6 Å². The van der Waals surface area contributed by atoms with E-state index in [9.17, 15) is 28.3 Å². The van der Waals surface area contributed by atoms with Gasteiger partial charge in [-0.3, -0.25) is 0 Å². The molecule has 5 heterocycles. The van der Waals surface area contributed by atoms with Crippen LogP contribution in [0.15, 0.2) is 89.4 Å². The van der Waals surface area contributed by atoms with Crippen molar-refractivity contribution in [2.24, 2.45) is 28.3 Å². The molecule has 50 heavy (non-hydrogen) atoms. The number of benzene rings is 3. The van der Waals surface area contributed by atoms with Gasteiger partial charge in [-0.05, 0) is 103 Å². The average molecular weight is 714 g/mol. The summed E-state index contributed by atoms with van der Waals surface area (Å²) in [5.41, 5.74) is 14.5. The topological polar surface area (TPSA) is 201 Å². The minimum Gasteiger partial charge on any atom is -0.748 e. The number of hydrogen-bond acceptors (Lipinski definition) is 9. The fraction of sp³-hybridized carbons (Fsp3) is 0.432. The average Bonchev–Trinajstić information content (AvgIpc) is 3.20. The van der Waals surface area contributed by atoms with Crippen molar-refractivity contribution in [1.29, 1.82) is 0 Å². The Morgan fingerprint density at radius 3 is 2.26 bits per heavy atom. The zero-order valence-electron chi connectivity index (χ0n) is 28.2. The van der Waals surface area contributed by atoms with Crippen LogP contribution in [0.5, 0.6) is 11.5 Å². The minimum atomic E-state index is -4.78. The molecule has 3 aromatic carbocycles. The predicted molar refractivity (Wildman–Crippen MR) is 184 cm³/mol. The first-order valence-corrected chi connectivity index (χ1v) is 18.3. The van der Waals surface area contributed by atoms with E-state index >= 15 is 0 Å². The molecule has 1 saturated heterocycles. The Balaban J connectivity index is 0.00000486. The van der Waals surface area contributed by atoms with E-state index in [1.54, 1.807) is 36.4 Å². The number of phenols is 1. The Hall–Kier alpha value is -2.94. The number of fused-ring (bicyclic) bond motifs is 2. The quantitative estimate of drug-likeness (QED) is 0.0740. The van der Waals surface area contributed by atoms with Crippen molar-refractivity contribution in [3.63, 3.8) is 0 Å². The van der Waals surface area contributed by atoms with E-state index in [-0.39, 0.29) is 85.3 Å². The van der Waals surface area contributed by atoms with Crippen LogP contribution in [-0.2, 0) is 27.0 Å². The van der Waals surface area contributed by atoms with Crippen LogP contribution < -0.4 is 45.8 Å². The fourth-order valence-corrected chi connectivity index (χ4v) is 9.05. The van der Waals surface area contributed by atoms with Crippen LogP contribution in [0.1, 0.15) is 72.8 Å². The summed E-state index contributed by atoms with van der Waals surface area (Å²) in [6.07, 6.45) is 3.69. The fourth-order valence-electron chi connectivity index (χ4n) is 8.01. The molecule has 11 nitrogen and oxygen atoms in total. The van der Waals surface area contributed by atoms with Crippen molar-refractivity contribution < 1.29 is 67.3 Å². The Labute approximate surface area is 315 Å². The second kappa shape index (κ2) is 16.2. The molecule has 6 aliphatic rings. The van der Waals surface area contributed by atoms with Crippen LogP contribution in [-0.4, -0.2) is 58.8 Å². The van der Waals surface area contributed by atoms with Crippen molar-refractivity contribution in [3.05, 3.63) is 107 Å². The van der Waals surface area contributed by atoms with E-state index in [0.717, 1.165) is 22.3 Å². The van der Waals surface area contributed by atoms with Gasteiger partial charge in [0.15, 0.2) is 5.96 Å². The summed E-state index contributed by atoms with van der Waals surface area (Å²) in [6.45, 7) is -0.187. The molecule has 0 aromatic heterocycles. The molecule has 7 unspecified atom stereocenters. The first-order valence-electron chi connectivity index (χ1n) is 16.8. The van der Waals surface area contributed by atoms with Crippen LogP contribution in [0, 0.1) is 11.8 Å². The Kier molecular flexibility index (Phi) is 12.4. The molecule has 9 rings (SSSR count). The smallest absolute Gasteiger partial charge is 0.748 e. The van der Waals surface area contributed by atoms with Crippen LogP contribution in [0.2, 0.25) is 0 Å². The van der Waals surface area contributed by atoms with E-state index < -0.39 is 33.1 Å². The number of rotatable bonds is 8. The van der Waals surface area contributed by atoms with Gasteiger partial charge < -0.3 is 40.8 Å². The number of phenolic OH excluding ortho intramolecular Hbond substituents is 1. The van der Waals surface area contributed by atoms with E-state index in [0.29, 0.717) is 43.4 Å². The molecule has 0 radical (unpaired) electrons.